The van der Waals surface area contributed by atoms with Crippen LogP contribution in [0.25, 0.3) is 5.57 Å². The lowest BCUT2D eigenvalue weighted by Gasteiger charge is -2.15. The molecule has 0 spiro atoms. The molecule has 0 aliphatic heterocycles. The molecule has 0 saturated heterocycles. The zero-order valence-corrected chi connectivity index (χ0v) is 14.8. The molecular weight excluding hydrogens is 320 g/mol. The summed E-state index contributed by atoms with van der Waals surface area (Å²) in [5, 5.41) is 0. The average Bonchev–Trinajstić information content (AvgIpc) is 2.72. The van der Waals surface area contributed by atoms with E-state index in [0.29, 0.717) is 6.42 Å². The first-order chi connectivity index (χ1) is 12.8. The first kappa shape index (κ1) is 17.8. The van der Waals surface area contributed by atoms with Gasteiger partial charge in [0.15, 0.2) is 5.78 Å². The normalized spacial score (nSPS) is 11.6. The molecule has 0 radical (unpaired) electrons. The van der Waals surface area contributed by atoms with Crippen molar-refractivity contribution in [3.63, 3.8) is 0 Å². The number of hydrogen-bond donors (Lipinski definition) is 0. The van der Waals surface area contributed by atoms with Crippen molar-refractivity contribution < 1.29 is 9.53 Å². The van der Waals surface area contributed by atoms with Crippen LogP contribution in [0.1, 0.15) is 29.2 Å². The van der Waals surface area contributed by atoms with Crippen LogP contribution in [-0.4, -0.2) is 12.9 Å². The van der Waals surface area contributed by atoms with E-state index >= 15 is 0 Å². The molecule has 0 saturated carbocycles. The maximum absolute atomic E-state index is 12.8. The molecule has 1 unspecified atom stereocenters. The van der Waals surface area contributed by atoms with Gasteiger partial charge in [0.05, 0.1) is 6.10 Å². The summed E-state index contributed by atoms with van der Waals surface area (Å²) >= 11 is 0. The molecule has 26 heavy (non-hydrogen) atoms. The number of benzene rings is 3. The minimum absolute atomic E-state index is 0.0448. The highest BCUT2D eigenvalue weighted by Gasteiger charge is 2.15. The number of ketones is 1. The monoisotopic (exact) mass is 342 g/mol. The quantitative estimate of drug-likeness (QED) is 0.533. The number of methoxy groups -OCH3 is 1. The van der Waals surface area contributed by atoms with Gasteiger partial charge >= 0.3 is 0 Å². The number of rotatable bonds is 7. The van der Waals surface area contributed by atoms with E-state index in [9.17, 15) is 4.79 Å². The zero-order valence-electron chi connectivity index (χ0n) is 14.8. The molecule has 3 rings (SSSR count). The lowest BCUT2D eigenvalue weighted by Crippen LogP contribution is -2.08. The highest BCUT2D eigenvalue weighted by molar-refractivity contribution is 6.00. The van der Waals surface area contributed by atoms with Crippen molar-refractivity contribution in [3.05, 3.63) is 114 Å². The Labute approximate surface area is 154 Å². The summed E-state index contributed by atoms with van der Waals surface area (Å²) in [5.41, 5.74) is 4.00. The minimum Gasteiger partial charge on any atom is -0.376 e. The molecule has 2 nitrogen and oxygen atoms in total. The van der Waals surface area contributed by atoms with Crippen molar-refractivity contribution >= 4 is 11.4 Å². The summed E-state index contributed by atoms with van der Waals surface area (Å²) in [6, 6.07) is 29.8. The maximum atomic E-state index is 12.8. The van der Waals surface area contributed by atoms with Gasteiger partial charge in [-0.3, -0.25) is 4.79 Å². The maximum Gasteiger partial charge on any atom is 0.159 e. The van der Waals surface area contributed by atoms with Crippen molar-refractivity contribution in [2.45, 2.75) is 12.5 Å². The van der Waals surface area contributed by atoms with Gasteiger partial charge in [-0.15, -0.1) is 0 Å². The fourth-order valence-electron chi connectivity index (χ4n) is 2.98. The molecule has 2 heteroatoms. The van der Waals surface area contributed by atoms with E-state index in [4.69, 9.17) is 4.74 Å². The molecular formula is C24H22O2. The summed E-state index contributed by atoms with van der Waals surface area (Å²) in [5.74, 6) is 0.0448. The van der Waals surface area contributed by atoms with E-state index in [2.05, 4.69) is 0 Å². The van der Waals surface area contributed by atoms with Gasteiger partial charge in [-0.2, -0.15) is 0 Å². The first-order valence-corrected chi connectivity index (χ1v) is 8.71. The molecule has 0 aliphatic carbocycles. The van der Waals surface area contributed by atoms with Crippen LogP contribution in [0.3, 0.4) is 0 Å². The van der Waals surface area contributed by atoms with Gasteiger partial charge in [0, 0.05) is 13.5 Å². The van der Waals surface area contributed by atoms with Crippen LogP contribution in [0.5, 0.6) is 0 Å². The van der Waals surface area contributed by atoms with E-state index in [1.54, 1.807) is 13.2 Å². The average molecular weight is 342 g/mol. The SMILES string of the molecule is COC(CC(=O)C=C(c1ccccc1)c1ccccc1)c1ccccc1. The smallest absolute Gasteiger partial charge is 0.159 e. The van der Waals surface area contributed by atoms with Crippen LogP contribution in [0, 0.1) is 0 Å². The van der Waals surface area contributed by atoms with Crippen LogP contribution >= 0.6 is 0 Å². The molecule has 0 fully saturated rings. The molecule has 0 aliphatic rings. The van der Waals surface area contributed by atoms with Crippen molar-refractivity contribution in [2.24, 2.45) is 0 Å². The van der Waals surface area contributed by atoms with E-state index in [0.717, 1.165) is 22.3 Å². The third-order valence-corrected chi connectivity index (χ3v) is 4.32. The molecule has 0 heterocycles. The third-order valence-electron chi connectivity index (χ3n) is 4.32. The van der Waals surface area contributed by atoms with Crippen molar-refractivity contribution in [3.8, 4) is 0 Å². The Bertz CT molecular complexity index is 811. The number of ether oxygens (including phenoxy) is 1. The van der Waals surface area contributed by atoms with E-state index < -0.39 is 0 Å². The number of hydrogen-bond acceptors (Lipinski definition) is 2. The Morgan fingerprint density at radius 1 is 0.808 bits per heavy atom. The first-order valence-electron chi connectivity index (χ1n) is 8.71. The van der Waals surface area contributed by atoms with Gasteiger partial charge in [-0.25, -0.2) is 0 Å². The van der Waals surface area contributed by atoms with Gasteiger partial charge in [-0.05, 0) is 28.3 Å². The fraction of sp³-hybridized carbons (Fsp3) is 0.125. The van der Waals surface area contributed by atoms with Gasteiger partial charge in [0.2, 0.25) is 0 Å². The van der Waals surface area contributed by atoms with E-state index in [-0.39, 0.29) is 11.9 Å². The molecule has 0 aromatic heterocycles. The van der Waals surface area contributed by atoms with Crippen LogP contribution in [-0.2, 0) is 9.53 Å². The van der Waals surface area contributed by atoms with Crippen molar-refractivity contribution in [2.75, 3.05) is 7.11 Å². The number of carbonyl (C=O) groups excluding carboxylic acids is 1. The Hall–Kier alpha value is -2.97. The summed E-state index contributed by atoms with van der Waals surface area (Å²) < 4.78 is 5.55. The Morgan fingerprint density at radius 3 is 1.73 bits per heavy atom. The summed E-state index contributed by atoms with van der Waals surface area (Å²) in [6.07, 6.45) is 1.80. The lowest BCUT2D eigenvalue weighted by atomic mass is 9.95. The summed E-state index contributed by atoms with van der Waals surface area (Å²) in [4.78, 5) is 12.8. The van der Waals surface area contributed by atoms with Crippen molar-refractivity contribution in [1.82, 2.24) is 0 Å². The third kappa shape index (κ3) is 4.56. The number of carbonyl (C=O) groups is 1. The Morgan fingerprint density at radius 2 is 1.27 bits per heavy atom. The standard InChI is InChI=1S/C24H22O2/c1-26-24(21-15-9-4-10-16-21)18-22(25)17-23(19-11-5-2-6-12-19)20-13-7-3-8-14-20/h2-17,24H,18H2,1H3. The van der Waals surface area contributed by atoms with Crippen molar-refractivity contribution in [1.29, 1.82) is 0 Å². The molecule has 130 valence electrons. The van der Waals surface area contributed by atoms with Gasteiger partial charge in [-0.1, -0.05) is 91.0 Å². The molecule has 0 amide bonds. The predicted octanol–water partition coefficient (Wildman–Crippen LogP) is 5.47. The predicted molar refractivity (Wildman–Crippen MR) is 106 cm³/mol. The topological polar surface area (TPSA) is 26.3 Å². The highest BCUT2D eigenvalue weighted by atomic mass is 16.5. The minimum atomic E-state index is -0.243. The molecule has 3 aromatic rings. The Balaban J connectivity index is 1.89. The molecule has 1 atom stereocenters. The number of allylic oxidation sites excluding steroid dienone is 1. The second-order valence-electron chi connectivity index (χ2n) is 6.10. The largest absolute Gasteiger partial charge is 0.376 e. The van der Waals surface area contributed by atoms with E-state index in [1.165, 1.54) is 0 Å². The second-order valence-corrected chi connectivity index (χ2v) is 6.10. The lowest BCUT2D eigenvalue weighted by molar-refractivity contribution is -0.117. The van der Waals surface area contributed by atoms with Gasteiger partial charge in [0.1, 0.15) is 0 Å². The van der Waals surface area contributed by atoms with Crippen LogP contribution in [0.4, 0.5) is 0 Å². The Kier molecular flexibility index (Phi) is 6.13. The molecule has 3 aromatic carbocycles. The van der Waals surface area contributed by atoms with Gasteiger partial charge in [0.25, 0.3) is 0 Å². The van der Waals surface area contributed by atoms with E-state index in [1.807, 2.05) is 91.0 Å². The molecule has 0 bridgehead atoms. The summed E-state index contributed by atoms with van der Waals surface area (Å²) in [7, 11) is 1.64. The second kappa shape index (κ2) is 8.93. The van der Waals surface area contributed by atoms with Crippen LogP contribution < -0.4 is 0 Å². The van der Waals surface area contributed by atoms with Gasteiger partial charge < -0.3 is 4.74 Å². The van der Waals surface area contributed by atoms with Crippen LogP contribution in [0.15, 0.2) is 97.1 Å². The summed E-state index contributed by atoms with van der Waals surface area (Å²) in [6.45, 7) is 0. The molecule has 0 N–H and O–H groups in total. The highest BCUT2D eigenvalue weighted by Crippen LogP contribution is 2.26. The fourth-order valence-corrected chi connectivity index (χ4v) is 2.98. The zero-order chi connectivity index (χ0) is 18.2. The van der Waals surface area contributed by atoms with Crippen LogP contribution in [0.2, 0.25) is 0 Å².